The molecule has 0 N–H and O–H groups in total. The van der Waals surface area contributed by atoms with Gasteiger partial charge in [-0.25, -0.2) is 0 Å². The number of unbranched alkanes of at least 4 members (excludes halogenated alkanes) is 3. The van der Waals surface area contributed by atoms with Crippen LogP contribution in [0.4, 0.5) is 0 Å². The van der Waals surface area contributed by atoms with Crippen LogP contribution in [0.3, 0.4) is 0 Å². The van der Waals surface area contributed by atoms with E-state index in [1.165, 1.54) is 131 Å². The van der Waals surface area contributed by atoms with Crippen molar-refractivity contribution in [2.75, 3.05) is 0 Å². The van der Waals surface area contributed by atoms with Gasteiger partial charge in [-0.2, -0.15) is 0 Å². The van der Waals surface area contributed by atoms with Gasteiger partial charge in [-0.3, -0.25) is 0 Å². The Kier molecular flexibility index (Phi) is 8.19. The third-order valence-corrected chi connectivity index (χ3v) is 13.4. The van der Waals surface area contributed by atoms with Gasteiger partial charge < -0.3 is 0 Å². The van der Waals surface area contributed by atoms with Crippen LogP contribution in [0.25, 0.3) is 77.2 Å². The fourth-order valence-electron chi connectivity index (χ4n) is 10.3. The van der Waals surface area contributed by atoms with Crippen molar-refractivity contribution in [2.45, 2.75) is 77.6 Å². The van der Waals surface area contributed by atoms with E-state index < -0.39 is 0 Å². The second-order valence-electron chi connectivity index (χ2n) is 17.4. The largest absolute Gasteiger partial charge is 0.0654 e. The van der Waals surface area contributed by atoms with E-state index in [0.717, 1.165) is 6.42 Å². The third-order valence-electron chi connectivity index (χ3n) is 13.4. The highest BCUT2D eigenvalue weighted by molar-refractivity contribution is 6.21. The average Bonchev–Trinajstić information content (AvgIpc) is 3.60. The van der Waals surface area contributed by atoms with E-state index in [1.54, 1.807) is 0 Å². The van der Waals surface area contributed by atoms with E-state index >= 15 is 0 Å². The van der Waals surface area contributed by atoms with Crippen LogP contribution in [-0.2, 0) is 17.3 Å². The van der Waals surface area contributed by atoms with E-state index in [-0.39, 0.29) is 10.8 Å². The number of fused-ring (bicyclic) bond motifs is 8. The number of hydrogen-bond acceptors (Lipinski definition) is 0. The standard InChI is InChI=1S/C56H50/c1-6-7-8-9-16-36-23-25-37(26-24-36)53-45-18-10-12-20-47(45)54(48-21-13-11-19-46(48)53)40-29-32-44-43-31-28-39(34-51(43)56(4,5)52(44)35-40)38-27-30-42-41-17-14-15-22-49(41)55(2,3)50(42)33-38/h10-15,17-35H,6-9,16H2,1-5H3. The molecular formula is C56H50. The Bertz CT molecular complexity index is 2770. The maximum atomic E-state index is 2.51. The zero-order valence-corrected chi connectivity index (χ0v) is 33.5. The number of rotatable bonds is 8. The SMILES string of the molecule is CCCCCCc1ccc(-c2c3ccccc3c(-c3ccc4c(c3)C(C)(C)c3cc(-c5ccc6c(c5)C(C)(C)c5ccccc5-6)ccc3-4)c3ccccc23)cc1. The maximum absolute atomic E-state index is 2.51. The lowest BCUT2D eigenvalue weighted by Crippen LogP contribution is -2.15. The Morgan fingerprint density at radius 1 is 0.357 bits per heavy atom. The molecule has 0 atom stereocenters. The van der Waals surface area contributed by atoms with E-state index in [9.17, 15) is 0 Å². The molecular weight excluding hydrogens is 673 g/mol. The van der Waals surface area contributed by atoms with Crippen molar-refractivity contribution in [1.29, 1.82) is 0 Å². The maximum Gasteiger partial charge on any atom is 0.0159 e. The van der Waals surface area contributed by atoms with Crippen molar-refractivity contribution < 1.29 is 0 Å². The van der Waals surface area contributed by atoms with E-state index in [4.69, 9.17) is 0 Å². The van der Waals surface area contributed by atoms with Gasteiger partial charge in [-0.1, -0.05) is 187 Å². The average molecular weight is 723 g/mol. The monoisotopic (exact) mass is 722 g/mol. The molecule has 0 saturated heterocycles. The van der Waals surface area contributed by atoms with Gasteiger partial charge in [0.1, 0.15) is 0 Å². The van der Waals surface area contributed by atoms with Gasteiger partial charge in [0.05, 0.1) is 0 Å². The second-order valence-corrected chi connectivity index (χ2v) is 17.4. The van der Waals surface area contributed by atoms with Crippen molar-refractivity contribution in [2.24, 2.45) is 0 Å². The molecule has 0 nitrogen and oxygen atoms in total. The van der Waals surface area contributed by atoms with Crippen LogP contribution >= 0.6 is 0 Å². The Morgan fingerprint density at radius 3 is 1.30 bits per heavy atom. The Labute approximate surface area is 332 Å². The van der Waals surface area contributed by atoms with Gasteiger partial charge >= 0.3 is 0 Å². The van der Waals surface area contributed by atoms with Gasteiger partial charge in [0.15, 0.2) is 0 Å². The Morgan fingerprint density at radius 2 is 0.768 bits per heavy atom. The third kappa shape index (κ3) is 5.33. The lowest BCUT2D eigenvalue weighted by atomic mass is 9.79. The van der Waals surface area contributed by atoms with Gasteiger partial charge in [0.25, 0.3) is 0 Å². The van der Waals surface area contributed by atoms with Crippen LogP contribution in [0.1, 0.15) is 88.1 Å². The molecule has 10 rings (SSSR count). The first-order chi connectivity index (χ1) is 27.3. The number of benzene rings is 8. The molecule has 0 aliphatic heterocycles. The first-order valence-corrected chi connectivity index (χ1v) is 20.8. The Balaban J connectivity index is 1.05. The molecule has 8 aromatic rings. The van der Waals surface area contributed by atoms with Crippen LogP contribution in [0, 0.1) is 0 Å². The summed E-state index contributed by atoms with van der Waals surface area (Å²) < 4.78 is 0. The zero-order valence-electron chi connectivity index (χ0n) is 33.5. The lowest BCUT2D eigenvalue weighted by Gasteiger charge is -2.24. The molecule has 0 bridgehead atoms. The summed E-state index contributed by atoms with van der Waals surface area (Å²) >= 11 is 0. The summed E-state index contributed by atoms with van der Waals surface area (Å²) in [6.45, 7) is 11.9. The number of hydrogen-bond donors (Lipinski definition) is 0. The minimum Gasteiger partial charge on any atom is -0.0654 e. The fraction of sp³-hybridized carbons (Fsp3) is 0.214. The van der Waals surface area contributed by atoms with Gasteiger partial charge in [0, 0.05) is 10.8 Å². The van der Waals surface area contributed by atoms with Gasteiger partial charge in [-0.05, 0) is 136 Å². The molecule has 0 fully saturated rings. The summed E-state index contributed by atoms with van der Waals surface area (Å²) in [6.07, 6.45) is 6.33. The minimum atomic E-state index is -0.146. The van der Waals surface area contributed by atoms with E-state index in [0.29, 0.717) is 0 Å². The van der Waals surface area contributed by atoms with Crippen LogP contribution < -0.4 is 0 Å². The van der Waals surface area contributed by atoms with Crippen LogP contribution in [0.2, 0.25) is 0 Å². The van der Waals surface area contributed by atoms with Crippen molar-refractivity contribution in [3.05, 3.63) is 179 Å². The molecule has 0 unspecified atom stereocenters. The van der Waals surface area contributed by atoms with Crippen molar-refractivity contribution in [3.8, 4) is 55.6 Å². The highest BCUT2D eigenvalue weighted by atomic mass is 14.4. The van der Waals surface area contributed by atoms with E-state index in [1.807, 2.05) is 0 Å². The molecule has 0 heterocycles. The first-order valence-electron chi connectivity index (χ1n) is 20.8. The molecule has 0 radical (unpaired) electrons. The van der Waals surface area contributed by atoms with Crippen molar-refractivity contribution >= 4 is 21.5 Å². The number of aryl methyl sites for hydroxylation is 1. The topological polar surface area (TPSA) is 0 Å². The highest BCUT2D eigenvalue weighted by Gasteiger charge is 2.37. The molecule has 56 heavy (non-hydrogen) atoms. The summed E-state index contributed by atoms with van der Waals surface area (Å²) in [6, 6.07) is 58.1. The van der Waals surface area contributed by atoms with Crippen molar-refractivity contribution in [1.82, 2.24) is 0 Å². The van der Waals surface area contributed by atoms with Crippen LogP contribution in [0.15, 0.2) is 152 Å². The summed E-state index contributed by atoms with van der Waals surface area (Å²) in [5, 5.41) is 5.24. The highest BCUT2D eigenvalue weighted by Crippen LogP contribution is 2.53. The molecule has 0 heteroatoms. The molecule has 8 aromatic carbocycles. The smallest absolute Gasteiger partial charge is 0.0159 e. The van der Waals surface area contributed by atoms with Gasteiger partial charge in [-0.15, -0.1) is 0 Å². The summed E-state index contributed by atoms with van der Waals surface area (Å²) in [5.74, 6) is 0. The fourth-order valence-corrected chi connectivity index (χ4v) is 10.3. The van der Waals surface area contributed by atoms with Crippen molar-refractivity contribution in [3.63, 3.8) is 0 Å². The summed E-state index contributed by atoms with van der Waals surface area (Å²) in [4.78, 5) is 0. The molecule has 0 aromatic heterocycles. The molecule has 2 aliphatic rings. The molecule has 274 valence electrons. The first kappa shape index (κ1) is 34.7. The molecule has 0 spiro atoms. The quantitative estimate of drug-likeness (QED) is 0.108. The van der Waals surface area contributed by atoms with Gasteiger partial charge in [0.2, 0.25) is 0 Å². The molecule has 0 amide bonds. The van der Waals surface area contributed by atoms with Crippen LogP contribution in [0.5, 0.6) is 0 Å². The predicted octanol–water partition coefficient (Wildman–Crippen LogP) is 15.7. The van der Waals surface area contributed by atoms with E-state index in [2.05, 4.69) is 186 Å². The normalized spacial score (nSPS) is 14.4. The van der Waals surface area contributed by atoms with Crippen LogP contribution in [-0.4, -0.2) is 0 Å². The Hall–Kier alpha value is -5.72. The predicted molar refractivity (Wildman–Crippen MR) is 241 cm³/mol. The zero-order chi connectivity index (χ0) is 38.2. The lowest BCUT2D eigenvalue weighted by molar-refractivity contribution is 0.659. The summed E-state index contributed by atoms with van der Waals surface area (Å²) in [5.41, 5.74) is 20.2. The molecule has 0 saturated carbocycles. The molecule has 2 aliphatic carbocycles. The minimum absolute atomic E-state index is 0.0186. The second kappa shape index (κ2) is 13.2. The summed E-state index contributed by atoms with van der Waals surface area (Å²) in [7, 11) is 0.